The van der Waals surface area contributed by atoms with Gasteiger partial charge in [-0.25, -0.2) is 0 Å². The first-order valence-corrected chi connectivity index (χ1v) is 0. The molecule has 0 saturated heterocycles. The van der Waals surface area contributed by atoms with E-state index < -0.39 is 0 Å². The first-order valence-electron chi connectivity index (χ1n) is 0. The first-order chi connectivity index (χ1) is 0. The van der Waals surface area contributed by atoms with Crippen LogP contribution in [0, 0.1) is 0 Å². The molecule has 11 heteroatoms. The van der Waals surface area contributed by atoms with Crippen molar-refractivity contribution in [3.05, 3.63) is 0 Å². The van der Waals surface area contributed by atoms with Gasteiger partial charge < -0.3 is 11.0 Å². The summed E-state index contributed by atoms with van der Waals surface area (Å²) in [6.45, 7) is 0. The van der Waals surface area contributed by atoms with Crippen molar-refractivity contribution in [2.75, 3.05) is 0 Å². The number of hydrogen-bond acceptors (Lipinski definition) is 0. The quantitative estimate of drug-likeness (QED) is 0.384. The Morgan fingerprint density at radius 1 is 0.182 bits per heavy atom. The van der Waals surface area contributed by atoms with Gasteiger partial charge in [-0.15, -0.1) is 0 Å². The van der Waals surface area contributed by atoms with E-state index in [9.17, 15) is 0 Å². The van der Waals surface area contributed by atoms with E-state index in [-0.39, 0.29) is 277 Å². The van der Waals surface area contributed by atoms with Crippen LogP contribution in [0.15, 0.2) is 0 Å². The third-order valence-electron chi connectivity index (χ3n) is 0. The van der Waals surface area contributed by atoms with Crippen LogP contribution in [0.5, 0.6) is 0 Å². The summed E-state index contributed by atoms with van der Waals surface area (Å²) in [6.07, 6.45) is 0. The van der Waals surface area contributed by atoms with E-state index in [4.69, 9.17) is 0 Å². The SMILES string of the molecule is O.O.[NaH].[NaH].[NaH].[NaH].[NaH].[NaH].[NaH].[NaH].[NaH]. The van der Waals surface area contributed by atoms with Crippen molar-refractivity contribution < 1.29 is 11.0 Å². The molecule has 0 aliphatic rings. The number of rotatable bonds is 0. The van der Waals surface area contributed by atoms with Crippen molar-refractivity contribution in [3.63, 3.8) is 0 Å². The Labute approximate surface area is 268 Å². The van der Waals surface area contributed by atoms with Crippen LogP contribution in [0.25, 0.3) is 0 Å². The fourth-order valence-electron chi connectivity index (χ4n) is 0. The minimum absolute atomic E-state index is 0. The van der Waals surface area contributed by atoms with Crippen LogP contribution in [0.3, 0.4) is 0 Å². The average molecular weight is 252 g/mol. The molecular formula is H13Na9O2. The molecule has 4 N–H and O–H groups in total. The van der Waals surface area contributed by atoms with Gasteiger partial charge in [0, 0.05) is 0 Å². The zero-order chi connectivity index (χ0) is 0. The van der Waals surface area contributed by atoms with Crippen molar-refractivity contribution in [1.82, 2.24) is 0 Å². The molecule has 0 aromatic rings. The van der Waals surface area contributed by atoms with Gasteiger partial charge in [0.05, 0.1) is 0 Å². The molecule has 0 bridgehead atoms. The Morgan fingerprint density at radius 2 is 0.182 bits per heavy atom. The summed E-state index contributed by atoms with van der Waals surface area (Å²) in [4.78, 5) is 0. The number of hydrogen-bond donors (Lipinski definition) is 0. The van der Waals surface area contributed by atoms with E-state index in [2.05, 4.69) is 0 Å². The standard InChI is InChI=1S/9Na.2H2O.9H/h;;;;;;;;;2*1H2;;;;;;;;;. The molecule has 2 nitrogen and oxygen atoms in total. The fraction of sp³-hybridized carbons (Fsp3) is 0. The summed E-state index contributed by atoms with van der Waals surface area (Å²) in [5.74, 6) is 0. The van der Waals surface area contributed by atoms with Gasteiger partial charge in [-0.2, -0.15) is 0 Å². The van der Waals surface area contributed by atoms with Gasteiger partial charge in [0.1, 0.15) is 0 Å². The summed E-state index contributed by atoms with van der Waals surface area (Å²) in [5, 5.41) is 0. The van der Waals surface area contributed by atoms with E-state index in [0.717, 1.165) is 0 Å². The molecule has 0 atom stereocenters. The summed E-state index contributed by atoms with van der Waals surface area (Å²) in [7, 11) is 0. The Kier molecular flexibility index (Phi) is 622. The Morgan fingerprint density at radius 3 is 0.182 bits per heavy atom. The molecule has 0 spiro atoms. The van der Waals surface area contributed by atoms with Crippen LogP contribution in [0.2, 0.25) is 0 Å². The minimum atomic E-state index is 0. The molecule has 0 aliphatic carbocycles. The molecule has 0 saturated carbocycles. The summed E-state index contributed by atoms with van der Waals surface area (Å²) in [6, 6.07) is 0. The topological polar surface area (TPSA) is 63.0 Å². The second-order valence-electron chi connectivity index (χ2n) is 0. The molecule has 0 heterocycles. The summed E-state index contributed by atoms with van der Waals surface area (Å²) >= 11 is 0. The second-order valence-corrected chi connectivity index (χ2v) is 0. The zero-order valence-electron chi connectivity index (χ0n) is 1.00. The molecule has 0 radical (unpaired) electrons. The van der Waals surface area contributed by atoms with Gasteiger partial charge in [-0.1, -0.05) is 0 Å². The molecule has 0 aromatic heterocycles. The third-order valence-corrected chi connectivity index (χ3v) is 0. The van der Waals surface area contributed by atoms with E-state index in [1.807, 2.05) is 0 Å². The van der Waals surface area contributed by atoms with Crippen LogP contribution < -0.4 is 0 Å². The van der Waals surface area contributed by atoms with Crippen LogP contribution >= 0.6 is 0 Å². The van der Waals surface area contributed by atoms with Crippen molar-refractivity contribution in [3.8, 4) is 0 Å². The van der Waals surface area contributed by atoms with E-state index in [1.165, 1.54) is 0 Å². The second kappa shape index (κ2) is 76.4. The molecule has 34 valence electrons. The average Bonchev–Trinajstić information content (AvgIpc) is 0. The third kappa shape index (κ3) is 68.1. The molecule has 11 heavy (non-hydrogen) atoms. The van der Waals surface area contributed by atoms with E-state index in [1.54, 1.807) is 0 Å². The van der Waals surface area contributed by atoms with E-state index >= 15 is 0 Å². The van der Waals surface area contributed by atoms with Crippen LogP contribution in [0.1, 0.15) is 0 Å². The van der Waals surface area contributed by atoms with Gasteiger partial charge in [0.15, 0.2) is 0 Å². The Hall–Kier alpha value is 8.92. The molecule has 0 amide bonds. The molecule has 0 unspecified atom stereocenters. The first kappa shape index (κ1) is 89.6. The molecule has 0 aromatic carbocycles. The van der Waals surface area contributed by atoms with Gasteiger partial charge in [0.25, 0.3) is 0 Å². The maximum absolute atomic E-state index is 0. The monoisotopic (exact) mass is 252 g/mol. The Balaban J connectivity index is 0. The van der Waals surface area contributed by atoms with Gasteiger partial charge in [0.2, 0.25) is 0 Å². The zero-order valence-corrected chi connectivity index (χ0v) is 1.00. The predicted octanol–water partition coefficient (Wildman–Crippen LogP) is -7.49. The van der Waals surface area contributed by atoms with Gasteiger partial charge in [-0.3, -0.25) is 0 Å². The van der Waals surface area contributed by atoms with Crippen LogP contribution in [-0.4, -0.2) is 277 Å². The van der Waals surface area contributed by atoms with Crippen LogP contribution in [-0.2, 0) is 0 Å². The predicted molar refractivity (Wildman–Crippen MR) is 71.6 cm³/mol. The Bertz CT molecular complexity index is 7.52. The van der Waals surface area contributed by atoms with Crippen LogP contribution in [0.4, 0.5) is 0 Å². The molecule has 0 aliphatic heterocycles. The van der Waals surface area contributed by atoms with Crippen molar-refractivity contribution in [1.29, 1.82) is 0 Å². The van der Waals surface area contributed by atoms with E-state index in [0.29, 0.717) is 0 Å². The summed E-state index contributed by atoms with van der Waals surface area (Å²) in [5.41, 5.74) is 0. The molecule has 0 rings (SSSR count). The van der Waals surface area contributed by atoms with Crippen molar-refractivity contribution >= 4 is 266 Å². The van der Waals surface area contributed by atoms with Crippen molar-refractivity contribution in [2.24, 2.45) is 0 Å². The van der Waals surface area contributed by atoms with Crippen molar-refractivity contribution in [2.45, 2.75) is 0 Å². The van der Waals surface area contributed by atoms with Gasteiger partial charge in [-0.05, 0) is 0 Å². The molecule has 0 fully saturated rings. The van der Waals surface area contributed by atoms with Gasteiger partial charge >= 0.3 is 266 Å². The summed E-state index contributed by atoms with van der Waals surface area (Å²) < 4.78 is 0. The fourth-order valence-corrected chi connectivity index (χ4v) is 0. The normalized spacial score (nSPS) is 0. The maximum atomic E-state index is 0. The molecular weight excluding hydrogens is 239 g/mol.